The van der Waals surface area contributed by atoms with Gasteiger partial charge in [-0.1, -0.05) is 38.4 Å². The Morgan fingerprint density at radius 2 is 2.13 bits per heavy atom. The highest BCUT2D eigenvalue weighted by Crippen LogP contribution is 2.41. The lowest BCUT2D eigenvalue weighted by atomic mass is 9.72. The quantitative estimate of drug-likeness (QED) is 0.604. The smallest absolute Gasteiger partial charge is 0.262 e. The number of anilines is 1. The van der Waals surface area contributed by atoms with E-state index >= 15 is 0 Å². The van der Waals surface area contributed by atoms with Crippen molar-refractivity contribution in [1.29, 1.82) is 0 Å². The highest BCUT2D eigenvalue weighted by atomic mass is 35.5. The molecular formula is C23H26ClN3O2S. The lowest BCUT2D eigenvalue weighted by Crippen LogP contribution is -2.29. The Hall–Kier alpha value is -2.18. The number of hydrogen-bond acceptors (Lipinski definition) is 4. The van der Waals surface area contributed by atoms with Crippen LogP contribution < -0.4 is 10.9 Å². The van der Waals surface area contributed by atoms with Gasteiger partial charge in [0, 0.05) is 15.6 Å². The number of aromatic nitrogens is 2. The number of hydrogen-bond donors (Lipinski definition) is 1. The zero-order valence-electron chi connectivity index (χ0n) is 17.7. The van der Waals surface area contributed by atoms with Gasteiger partial charge in [-0.05, 0) is 60.8 Å². The van der Waals surface area contributed by atoms with Crippen LogP contribution in [0.15, 0.2) is 29.3 Å². The zero-order chi connectivity index (χ0) is 21.6. The number of fused-ring (bicyclic) bond motifs is 3. The summed E-state index contributed by atoms with van der Waals surface area (Å²) in [4.78, 5) is 32.3. The van der Waals surface area contributed by atoms with E-state index in [2.05, 4.69) is 31.1 Å². The molecule has 0 saturated carbocycles. The fourth-order valence-electron chi connectivity index (χ4n) is 4.14. The lowest BCUT2D eigenvalue weighted by molar-refractivity contribution is -0.116. The van der Waals surface area contributed by atoms with Gasteiger partial charge in [0.15, 0.2) is 0 Å². The summed E-state index contributed by atoms with van der Waals surface area (Å²) in [5, 5.41) is 4.13. The Morgan fingerprint density at radius 1 is 1.37 bits per heavy atom. The monoisotopic (exact) mass is 443 g/mol. The molecule has 0 saturated heterocycles. The number of carbonyl (C=O) groups excluding carboxylic acids is 1. The molecule has 4 rings (SSSR count). The van der Waals surface area contributed by atoms with Crippen molar-refractivity contribution in [3.05, 3.63) is 55.9 Å². The minimum absolute atomic E-state index is 0.0804. The van der Waals surface area contributed by atoms with Crippen molar-refractivity contribution in [2.75, 3.05) is 5.32 Å². The van der Waals surface area contributed by atoms with E-state index in [1.807, 2.05) is 6.92 Å². The molecule has 7 heteroatoms. The molecule has 1 atom stereocenters. The SMILES string of the molecule is Cc1c(Cl)cccc1NC(=O)Cn1cnc2sc3c(c2c1=O)CCC(C(C)(C)C)C3. The predicted octanol–water partition coefficient (Wildman–Crippen LogP) is 5.21. The molecule has 1 aliphatic carbocycles. The highest BCUT2D eigenvalue weighted by Gasteiger charge is 2.31. The molecule has 1 amide bonds. The van der Waals surface area contributed by atoms with Crippen molar-refractivity contribution < 1.29 is 4.79 Å². The number of rotatable bonds is 3. The summed E-state index contributed by atoms with van der Waals surface area (Å²) in [5.41, 5.74) is 2.69. The maximum absolute atomic E-state index is 13.2. The van der Waals surface area contributed by atoms with Crippen molar-refractivity contribution >= 4 is 44.7 Å². The molecule has 158 valence electrons. The van der Waals surface area contributed by atoms with Gasteiger partial charge < -0.3 is 5.32 Å². The van der Waals surface area contributed by atoms with E-state index in [0.29, 0.717) is 22.0 Å². The average molecular weight is 444 g/mol. The lowest BCUT2D eigenvalue weighted by Gasteiger charge is -2.33. The Bertz CT molecular complexity index is 1190. The standard InChI is InChI=1S/C23H26ClN3O2S/c1-13-16(24)6-5-7-17(13)26-19(28)11-27-12-25-21-20(22(27)29)15-9-8-14(23(2,3)4)10-18(15)30-21/h5-7,12,14H,8-11H2,1-4H3,(H,26,28). The summed E-state index contributed by atoms with van der Waals surface area (Å²) < 4.78 is 1.40. The number of aryl methyl sites for hydroxylation is 1. The fourth-order valence-corrected chi connectivity index (χ4v) is 5.57. The summed E-state index contributed by atoms with van der Waals surface area (Å²) in [5.74, 6) is 0.326. The zero-order valence-corrected chi connectivity index (χ0v) is 19.3. The van der Waals surface area contributed by atoms with Crippen LogP contribution in [0.1, 0.15) is 43.2 Å². The maximum Gasteiger partial charge on any atom is 0.262 e. The van der Waals surface area contributed by atoms with E-state index in [-0.39, 0.29) is 23.4 Å². The summed E-state index contributed by atoms with van der Waals surface area (Å²) >= 11 is 7.75. The molecule has 1 unspecified atom stereocenters. The largest absolute Gasteiger partial charge is 0.324 e. The number of nitrogens with one attached hydrogen (secondary N) is 1. The van der Waals surface area contributed by atoms with Crippen molar-refractivity contribution in [3.63, 3.8) is 0 Å². The van der Waals surface area contributed by atoms with Crippen LogP contribution in [0.4, 0.5) is 5.69 Å². The molecular weight excluding hydrogens is 418 g/mol. The van der Waals surface area contributed by atoms with Crippen LogP contribution in [-0.2, 0) is 24.2 Å². The number of halogens is 1. The fraction of sp³-hybridized carbons (Fsp3) is 0.435. The van der Waals surface area contributed by atoms with E-state index in [9.17, 15) is 9.59 Å². The summed E-state index contributed by atoms with van der Waals surface area (Å²) in [7, 11) is 0. The van der Waals surface area contributed by atoms with Crippen LogP contribution in [-0.4, -0.2) is 15.5 Å². The summed E-state index contributed by atoms with van der Waals surface area (Å²) in [6.45, 7) is 8.60. The van der Waals surface area contributed by atoms with Crippen LogP contribution in [0.25, 0.3) is 10.2 Å². The van der Waals surface area contributed by atoms with Crippen molar-refractivity contribution in [3.8, 4) is 0 Å². The van der Waals surface area contributed by atoms with Crippen LogP contribution in [0, 0.1) is 18.3 Å². The molecule has 0 aliphatic heterocycles. The molecule has 5 nitrogen and oxygen atoms in total. The number of thiophene rings is 1. The van der Waals surface area contributed by atoms with Crippen LogP contribution in [0.2, 0.25) is 5.02 Å². The second kappa shape index (κ2) is 7.82. The van der Waals surface area contributed by atoms with Gasteiger partial charge in [-0.2, -0.15) is 0 Å². The van der Waals surface area contributed by atoms with E-state index < -0.39 is 0 Å². The molecule has 0 fully saturated rings. The third-order valence-electron chi connectivity index (χ3n) is 6.12. The highest BCUT2D eigenvalue weighted by molar-refractivity contribution is 7.18. The Balaban J connectivity index is 1.61. The van der Waals surface area contributed by atoms with Gasteiger partial charge in [0.1, 0.15) is 11.4 Å². The third kappa shape index (κ3) is 3.91. The van der Waals surface area contributed by atoms with Crippen LogP contribution >= 0.6 is 22.9 Å². The summed E-state index contributed by atoms with van der Waals surface area (Å²) in [6, 6.07) is 5.36. The maximum atomic E-state index is 13.2. The second-order valence-corrected chi connectivity index (χ2v) is 10.6. The third-order valence-corrected chi connectivity index (χ3v) is 7.69. The Morgan fingerprint density at radius 3 is 2.87 bits per heavy atom. The number of nitrogens with zero attached hydrogens (tertiary/aromatic N) is 2. The van der Waals surface area contributed by atoms with Gasteiger partial charge in [-0.3, -0.25) is 14.2 Å². The number of amides is 1. The van der Waals surface area contributed by atoms with E-state index in [0.717, 1.165) is 35.2 Å². The summed E-state index contributed by atoms with van der Waals surface area (Å²) in [6.07, 6.45) is 4.45. The van der Waals surface area contributed by atoms with Gasteiger partial charge >= 0.3 is 0 Å². The van der Waals surface area contributed by atoms with Gasteiger partial charge in [-0.15, -0.1) is 11.3 Å². The van der Waals surface area contributed by atoms with Crippen LogP contribution in [0.3, 0.4) is 0 Å². The van der Waals surface area contributed by atoms with E-state index in [1.165, 1.54) is 15.8 Å². The molecule has 2 aromatic heterocycles. The minimum Gasteiger partial charge on any atom is -0.324 e. The molecule has 1 aromatic carbocycles. The molecule has 30 heavy (non-hydrogen) atoms. The molecule has 3 aromatic rings. The second-order valence-electron chi connectivity index (χ2n) is 9.13. The number of carbonyl (C=O) groups is 1. The van der Waals surface area contributed by atoms with Gasteiger partial charge in [-0.25, -0.2) is 4.98 Å². The van der Waals surface area contributed by atoms with Crippen LogP contribution in [0.5, 0.6) is 0 Å². The molecule has 1 aliphatic rings. The first-order valence-corrected chi connectivity index (χ1v) is 11.4. The van der Waals surface area contributed by atoms with Gasteiger partial charge in [0.05, 0.1) is 11.7 Å². The van der Waals surface area contributed by atoms with Crippen molar-refractivity contribution in [1.82, 2.24) is 9.55 Å². The van der Waals surface area contributed by atoms with Crippen molar-refractivity contribution in [2.45, 2.75) is 53.5 Å². The van der Waals surface area contributed by atoms with E-state index in [1.54, 1.807) is 29.5 Å². The van der Waals surface area contributed by atoms with Crippen molar-refractivity contribution in [2.24, 2.45) is 11.3 Å². The minimum atomic E-state index is -0.277. The molecule has 1 N–H and O–H groups in total. The Kier molecular flexibility index (Phi) is 5.49. The molecule has 0 radical (unpaired) electrons. The topological polar surface area (TPSA) is 64.0 Å². The molecule has 0 bridgehead atoms. The number of benzene rings is 1. The first-order valence-electron chi connectivity index (χ1n) is 10.2. The molecule has 0 spiro atoms. The van der Waals surface area contributed by atoms with Gasteiger partial charge in [0.25, 0.3) is 5.56 Å². The first-order chi connectivity index (χ1) is 14.1. The van der Waals surface area contributed by atoms with Gasteiger partial charge in [0.2, 0.25) is 5.91 Å². The molecule has 2 heterocycles. The Labute approximate surface area is 185 Å². The van der Waals surface area contributed by atoms with E-state index in [4.69, 9.17) is 11.6 Å². The normalized spacial score (nSPS) is 16.5. The first kappa shape index (κ1) is 21.1. The average Bonchev–Trinajstić information content (AvgIpc) is 3.05. The predicted molar refractivity (Wildman–Crippen MR) is 124 cm³/mol.